The lowest BCUT2D eigenvalue weighted by Gasteiger charge is -2.25. The van der Waals surface area contributed by atoms with Gasteiger partial charge in [0.1, 0.15) is 5.01 Å². The highest BCUT2D eigenvalue weighted by Crippen LogP contribution is 2.45. The van der Waals surface area contributed by atoms with Gasteiger partial charge in [0.05, 0.1) is 12.5 Å². The number of rotatable bonds is 4. The Morgan fingerprint density at radius 2 is 2.16 bits per heavy atom. The van der Waals surface area contributed by atoms with Crippen LogP contribution < -0.4 is 0 Å². The minimum atomic E-state index is 0.110. The average molecular weight is 356 g/mol. The first kappa shape index (κ1) is 16.7. The predicted molar refractivity (Wildman–Crippen MR) is 100 cm³/mol. The average Bonchev–Trinajstić information content (AvgIpc) is 3.31. The second kappa shape index (κ2) is 6.89. The number of amides is 1. The summed E-state index contributed by atoms with van der Waals surface area (Å²) in [5.74, 6) is 0.391. The molecule has 4 rings (SSSR count). The second-order valence-electron chi connectivity index (χ2n) is 7.29. The van der Waals surface area contributed by atoms with Gasteiger partial charge in [-0.05, 0) is 38.3 Å². The van der Waals surface area contributed by atoms with Crippen LogP contribution in [-0.4, -0.2) is 40.3 Å². The van der Waals surface area contributed by atoms with E-state index in [4.69, 9.17) is 0 Å². The zero-order chi connectivity index (χ0) is 17.4. The van der Waals surface area contributed by atoms with Gasteiger partial charge in [0.2, 0.25) is 5.91 Å². The van der Waals surface area contributed by atoms with Crippen molar-refractivity contribution in [1.29, 1.82) is 0 Å². The second-order valence-corrected chi connectivity index (χ2v) is 8.24. The van der Waals surface area contributed by atoms with Crippen LogP contribution in [0.2, 0.25) is 0 Å². The van der Waals surface area contributed by atoms with Crippen molar-refractivity contribution in [2.45, 2.75) is 44.8 Å². The number of aryl methyl sites for hydroxylation is 1. The molecule has 25 heavy (non-hydrogen) atoms. The molecule has 0 spiro atoms. The van der Waals surface area contributed by atoms with Crippen LogP contribution in [0, 0.1) is 12.8 Å². The molecule has 1 aromatic carbocycles. The van der Waals surface area contributed by atoms with Crippen molar-refractivity contribution >= 4 is 17.2 Å². The highest BCUT2D eigenvalue weighted by atomic mass is 32.1. The van der Waals surface area contributed by atoms with E-state index in [9.17, 15) is 4.79 Å². The van der Waals surface area contributed by atoms with Crippen molar-refractivity contribution in [2.75, 3.05) is 13.6 Å². The third-order valence-corrected chi connectivity index (χ3v) is 6.55. The van der Waals surface area contributed by atoms with Crippen molar-refractivity contribution in [2.24, 2.45) is 5.92 Å². The number of nitrogens with zero attached hydrogens (tertiary/aromatic N) is 3. The maximum absolute atomic E-state index is 13.2. The molecule has 0 radical (unpaired) electrons. The number of benzene rings is 1. The summed E-state index contributed by atoms with van der Waals surface area (Å²) in [6, 6.07) is 11.5. The zero-order valence-electron chi connectivity index (χ0n) is 14.9. The molecule has 0 bridgehead atoms. The third-order valence-electron chi connectivity index (χ3n) is 5.60. The molecule has 3 heterocycles. The molecular weight excluding hydrogens is 330 g/mol. The van der Waals surface area contributed by atoms with Crippen LogP contribution in [0.25, 0.3) is 0 Å². The molecule has 0 unspecified atom stereocenters. The van der Waals surface area contributed by atoms with Gasteiger partial charge in [-0.1, -0.05) is 30.3 Å². The SMILES string of the molecule is Cc1csc(CN(C)C(=O)[C@@H]2C[C@H](c3ccccc3)N3CCC[C@@H]23)n1. The van der Waals surface area contributed by atoms with Crippen molar-refractivity contribution in [3.63, 3.8) is 0 Å². The lowest BCUT2D eigenvalue weighted by Crippen LogP contribution is -2.38. The maximum atomic E-state index is 13.2. The molecule has 0 N–H and O–H groups in total. The van der Waals surface area contributed by atoms with Crippen LogP contribution >= 0.6 is 11.3 Å². The standard InChI is InChI=1S/C20H25N3OS/c1-14-13-25-19(21-14)12-22(2)20(24)16-11-18(15-7-4-3-5-8-15)23-10-6-9-17(16)23/h3-5,7-8,13,16-18H,6,9-12H2,1-2H3/t16-,17+,18-/m1/s1. The smallest absolute Gasteiger partial charge is 0.227 e. The number of hydrogen-bond donors (Lipinski definition) is 0. The lowest BCUT2D eigenvalue weighted by atomic mass is 9.93. The van der Waals surface area contributed by atoms with Gasteiger partial charge in [-0.15, -0.1) is 11.3 Å². The fourth-order valence-corrected chi connectivity index (χ4v) is 5.30. The minimum Gasteiger partial charge on any atom is -0.339 e. The molecule has 2 fully saturated rings. The number of hydrogen-bond acceptors (Lipinski definition) is 4. The third kappa shape index (κ3) is 3.23. The summed E-state index contributed by atoms with van der Waals surface area (Å²) >= 11 is 1.64. The molecule has 1 amide bonds. The van der Waals surface area contributed by atoms with Crippen molar-refractivity contribution in [3.8, 4) is 0 Å². The van der Waals surface area contributed by atoms with Gasteiger partial charge >= 0.3 is 0 Å². The Balaban J connectivity index is 1.50. The number of aromatic nitrogens is 1. The Morgan fingerprint density at radius 3 is 2.88 bits per heavy atom. The quantitative estimate of drug-likeness (QED) is 0.840. The summed E-state index contributed by atoms with van der Waals surface area (Å²) in [6.45, 7) is 3.74. The van der Waals surface area contributed by atoms with E-state index in [2.05, 4.69) is 40.2 Å². The van der Waals surface area contributed by atoms with Gasteiger partial charge < -0.3 is 4.90 Å². The van der Waals surface area contributed by atoms with Gasteiger partial charge in [-0.2, -0.15) is 0 Å². The van der Waals surface area contributed by atoms with E-state index >= 15 is 0 Å². The molecule has 2 aromatic rings. The fraction of sp³-hybridized carbons (Fsp3) is 0.500. The van der Waals surface area contributed by atoms with E-state index in [0.717, 1.165) is 30.1 Å². The summed E-state index contributed by atoms with van der Waals surface area (Å²) in [4.78, 5) is 22.1. The van der Waals surface area contributed by atoms with E-state index in [1.54, 1.807) is 11.3 Å². The van der Waals surface area contributed by atoms with E-state index in [-0.39, 0.29) is 11.8 Å². The van der Waals surface area contributed by atoms with Crippen LogP contribution in [0.4, 0.5) is 0 Å². The van der Waals surface area contributed by atoms with Gasteiger partial charge in [0.25, 0.3) is 0 Å². The summed E-state index contributed by atoms with van der Waals surface area (Å²) < 4.78 is 0. The highest BCUT2D eigenvalue weighted by molar-refractivity contribution is 7.09. The van der Waals surface area contributed by atoms with E-state index < -0.39 is 0 Å². The number of fused-ring (bicyclic) bond motifs is 1. The molecule has 0 aliphatic carbocycles. The number of thiazole rings is 1. The van der Waals surface area contributed by atoms with Gasteiger partial charge in [-0.25, -0.2) is 4.98 Å². The Bertz CT molecular complexity index is 744. The fourth-order valence-electron chi connectivity index (χ4n) is 4.47. The van der Waals surface area contributed by atoms with Crippen molar-refractivity contribution < 1.29 is 4.79 Å². The Hall–Kier alpha value is -1.72. The monoisotopic (exact) mass is 355 g/mol. The Morgan fingerprint density at radius 1 is 1.36 bits per heavy atom. The number of carbonyl (C=O) groups excluding carboxylic acids is 1. The normalized spacial score (nSPS) is 25.9. The Labute approximate surface area is 153 Å². The first-order valence-electron chi connectivity index (χ1n) is 9.10. The van der Waals surface area contributed by atoms with Gasteiger partial charge in [0, 0.05) is 30.2 Å². The van der Waals surface area contributed by atoms with Gasteiger partial charge in [0.15, 0.2) is 0 Å². The molecular formula is C20H25N3OS. The van der Waals surface area contributed by atoms with E-state index in [1.807, 2.05) is 24.3 Å². The summed E-state index contributed by atoms with van der Waals surface area (Å²) in [5, 5.41) is 3.07. The molecule has 3 atom stereocenters. The Kier molecular flexibility index (Phi) is 4.61. The topological polar surface area (TPSA) is 36.4 Å². The van der Waals surface area contributed by atoms with Crippen LogP contribution in [0.3, 0.4) is 0 Å². The van der Waals surface area contributed by atoms with Crippen LogP contribution in [0.1, 0.15) is 41.6 Å². The minimum absolute atomic E-state index is 0.110. The van der Waals surface area contributed by atoms with Crippen molar-refractivity contribution in [1.82, 2.24) is 14.8 Å². The van der Waals surface area contributed by atoms with Crippen LogP contribution in [0.15, 0.2) is 35.7 Å². The summed E-state index contributed by atoms with van der Waals surface area (Å²) in [5.41, 5.74) is 2.38. The maximum Gasteiger partial charge on any atom is 0.227 e. The molecule has 4 nitrogen and oxygen atoms in total. The van der Waals surface area contributed by atoms with Gasteiger partial charge in [-0.3, -0.25) is 9.69 Å². The van der Waals surface area contributed by atoms with Crippen LogP contribution in [-0.2, 0) is 11.3 Å². The molecule has 2 aliphatic rings. The molecule has 2 saturated heterocycles. The molecule has 5 heteroatoms. The summed E-state index contributed by atoms with van der Waals surface area (Å²) in [6.07, 6.45) is 3.28. The van der Waals surface area contributed by atoms with Crippen LogP contribution in [0.5, 0.6) is 0 Å². The summed E-state index contributed by atoms with van der Waals surface area (Å²) in [7, 11) is 1.92. The van der Waals surface area contributed by atoms with Crippen molar-refractivity contribution in [3.05, 3.63) is 52.0 Å². The first-order valence-corrected chi connectivity index (χ1v) is 9.98. The predicted octanol–water partition coefficient (Wildman–Crippen LogP) is 3.64. The largest absolute Gasteiger partial charge is 0.339 e. The molecule has 132 valence electrons. The lowest BCUT2D eigenvalue weighted by molar-refractivity contribution is -0.135. The molecule has 0 saturated carbocycles. The molecule has 1 aromatic heterocycles. The number of carbonyl (C=O) groups is 1. The highest BCUT2D eigenvalue weighted by Gasteiger charge is 2.47. The van der Waals surface area contributed by atoms with E-state index in [1.165, 1.54) is 12.0 Å². The van der Waals surface area contributed by atoms with E-state index in [0.29, 0.717) is 18.6 Å². The first-order chi connectivity index (χ1) is 12.1. The molecule has 2 aliphatic heterocycles. The zero-order valence-corrected chi connectivity index (χ0v) is 15.7.